The Labute approximate surface area is 113 Å². The summed E-state index contributed by atoms with van der Waals surface area (Å²) >= 11 is 0. The fourth-order valence-corrected chi connectivity index (χ4v) is 1.80. The van der Waals surface area contributed by atoms with Gasteiger partial charge >= 0.3 is 6.03 Å². The first-order chi connectivity index (χ1) is 8.92. The molecular formula is C14H21N3O2. The summed E-state index contributed by atoms with van der Waals surface area (Å²) in [4.78, 5) is 23.0. The van der Waals surface area contributed by atoms with Crippen molar-refractivity contribution in [2.75, 3.05) is 11.9 Å². The zero-order valence-corrected chi connectivity index (χ0v) is 11.8. The van der Waals surface area contributed by atoms with Gasteiger partial charge in [-0.2, -0.15) is 0 Å². The van der Waals surface area contributed by atoms with Gasteiger partial charge in [0.2, 0.25) is 5.91 Å². The van der Waals surface area contributed by atoms with Crippen LogP contribution in [0.2, 0.25) is 0 Å². The third kappa shape index (κ3) is 4.99. The third-order valence-electron chi connectivity index (χ3n) is 2.57. The number of benzene rings is 1. The molecule has 0 unspecified atom stereocenters. The van der Waals surface area contributed by atoms with Gasteiger partial charge in [0.15, 0.2) is 0 Å². The molecule has 0 aliphatic carbocycles. The van der Waals surface area contributed by atoms with Gasteiger partial charge in [-0.15, -0.1) is 0 Å². The number of aryl methyl sites for hydroxylation is 2. The van der Waals surface area contributed by atoms with Crippen LogP contribution in [0.5, 0.6) is 0 Å². The SMILES string of the molecule is CCNC(=O)NC(=O)[C@H](C)Nc1cc(C)cc(C)c1. The summed E-state index contributed by atoms with van der Waals surface area (Å²) in [6.45, 7) is 7.99. The largest absolute Gasteiger partial charge is 0.374 e. The van der Waals surface area contributed by atoms with E-state index in [1.165, 1.54) is 0 Å². The average Bonchev–Trinajstić information content (AvgIpc) is 2.27. The van der Waals surface area contributed by atoms with Crippen LogP contribution in [0.15, 0.2) is 18.2 Å². The van der Waals surface area contributed by atoms with E-state index in [-0.39, 0.29) is 5.91 Å². The Kier molecular flexibility index (Phi) is 5.36. The molecule has 0 heterocycles. The van der Waals surface area contributed by atoms with E-state index in [9.17, 15) is 9.59 Å². The summed E-state index contributed by atoms with van der Waals surface area (Å²) in [5, 5.41) is 7.87. The van der Waals surface area contributed by atoms with Gasteiger partial charge in [-0.05, 0) is 51.0 Å². The lowest BCUT2D eigenvalue weighted by atomic mass is 10.1. The smallest absolute Gasteiger partial charge is 0.321 e. The third-order valence-corrected chi connectivity index (χ3v) is 2.57. The number of hydrogen-bond donors (Lipinski definition) is 3. The number of amides is 3. The molecule has 0 bridgehead atoms. The quantitative estimate of drug-likeness (QED) is 0.777. The summed E-state index contributed by atoms with van der Waals surface area (Å²) in [6.07, 6.45) is 0. The summed E-state index contributed by atoms with van der Waals surface area (Å²) in [7, 11) is 0. The van der Waals surface area contributed by atoms with Crippen molar-refractivity contribution in [2.45, 2.75) is 33.7 Å². The molecule has 1 rings (SSSR count). The van der Waals surface area contributed by atoms with Gasteiger partial charge in [-0.1, -0.05) is 6.07 Å². The molecule has 0 radical (unpaired) electrons. The standard InChI is InChI=1S/C14H21N3O2/c1-5-15-14(19)17-13(18)11(4)16-12-7-9(2)6-10(3)8-12/h6-8,11,16H,5H2,1-4H3,(H2,15,17,18,19)/t11-/m0/s1. The maximum Gasteiger partial charge on any atom is 0.321 e. The molecule has 0 saturated carbocycles. The summed E-state index contributed by atoms with van der Waals surface area (Å²) in [5.74, 6) is -0.356. The Morgan fingerprint density at radius 3 is 2.26 bits per heavy atom. The minimum Gasteiger partial charge on any atom is -0.374 e. The first kappa shape index (κ1) is 15.0. The van der Waals surface area contributed by atoms with Crippen molar-refractivity contribution in [1.82, 2.24) is 10.6 Å². The van der Waals surface area contributed by atoms with Crippen molar-refractivity contribution in [2.24, 2.45) is 0 Å². The van der Waals surface area contributed by atoms with Crippen molar-refractivity contribution in [3.8, 4) is 0 Å². The molecule has 0 aromatic heterocycles. The van der Waals surface area contributed by atoms with Crippen molar-refractivity contribution in [1.29, 1.82) is 0 Å². The Morgan fingerprint density at radius 2 is 1.74 bits per heavy atom. The Morgan fingerprint density at radius 1 is 1.16 bits per heavy atom. The highest BCUT2D eigenvalue weighted by Crippen LogP contribution is 2.14. The molecule has 1 aromatic carbocycles. The van der Waals surface area contributed by atoms with Crippen LogP contribution in [-0.4, -0.2) is 24.5 Å². The number of carbonyl (C=O) groups is 2. The van der Waals surface area contributed by atoms with E-state index in [1.54, 1.807) is 13.8 Å². The summed E-state index contributed by atoms with van der Waals surface area (Å²) in [6, 6.07) is 5.03. The number of rotatable bonds is 4. The van der Waals surface area contributed by atoms with Crippen LogP contribution in [-0.2, 0) is 4.79 Å². The Hall–Kier alpha value is -2.04. The molecule has 104 valence electrons. The van der Waals surface area contributed by atoms with E-state index in [0.717, 1.165) is 16.8 Å². The lowest BCUT2D eigenvalue weighted by molar-refractivity contribution is -0.120. The van der Waals surface area contributed by atoms with Gasteiger partial charge in [-0.25, -0.2) is 4.79 Å². The van der Waals surface area contributed by atoms with Crippen LogP contribution in [0, 0.1) is 13.8 Å². The molecule has 5 nitrogen and oxygen atoms in total. The molecule has 1 aromatic rings. The van der Waals surface area contributed by atoms with Crippen LogP contribution in [0.1, 0.15) is 25.0 Å². The molecule has 19 heavy (non-hydrogen) atoms. The summed E-state index contributed by atoms with van der Waals surface area (Å²) in [5.41, 5.74) is 3.12. The van der Waals surface area contributed by atoms with Crippen LogP contribution >= 0.6 is 0 Å². The zero-order chi connectivity index (χ0) is 14.4. The second-order valence-corrected chi connectivity index (χ2v) is 4.59. The summed E-state index contributed by atoms with van der Waals surface area (Å²) < 4.78 is 0. The van der Waals surface area contributed by atoms with E-state index >= 15 is 0 Å². The molecule has 0 spiro atoms. The van der Waals surface area contributed by atoms with Crippen LogP contribution in [0.4, 0.5) is 10.5 Å². The van der Waals surface area contributed by atoms with E-state index < -0.39 is 12.1 Å². The van der Waals surface area contributed by atoms with E-state index in [2.05, 4.69) is 22.0 Å². The number of hydrogen-bond acceptors (Lipinski definition) is 3. The highest BCUT2D eigenvalue weighted by molar-refractivity contribution is 5.97. The highest BCUT2D eigenvalue weighted by Gasteiger charge is 2.15. The molecule has 0 aliphatic heterocycles. The molecule has 0 aliphatic rings. The number of nitrogens with one attached hydrogen (secondary N) is 3. The van der Waals surface area contributed by atoms with Gasteiger partial charge in [0, 0.05) is 12.2 Å². The number of carbonyl (C=O) groups excluding carboxylic acids is 2. The topological polar surface area (TPSA) is 70.2 Å². The van der Waals surface area contributed by atoms with E-state index in [0.29, 0.717) is 6.54 Å². The highest BCUT2D eigenvalue weighted by atomic mass is 16.2. The van der Waals surface area contributed by atoms with Crippen LogP contribution < -0.4 is 16.0 Å². The van der Waals surface area contributed by atoms with Crippen molar-refractivity contribution >= 4 is 17.6 Å². The molecule has 0 fully saturated rings. The molecular weight excluding hydrogens is 242 g/mol. The molecule has 0 saturated heterocycles. The van der Waals surface area contributed by atoms with Crippen molar-refractivity contribution < 1.29 is 9.59 Å². The normalized spacial score (nSPS) is 11.6. The first-order valence-corrected chi connectivity index (χ1v) is 6.36. The molecule has 3 N–H and O–H groups in total. The minimum atomic E-state index is -0.483. The zero-order valence-electron chi connectivity index (χ0n) is 11.8. The predicted octanol–water partition coefficient (Wildman–Crippen LogP) is 1.95. The fourth-order valence-electron chi connectivity index (χ4n) is 1.80. The number of anilines is 1. The van der Waals surface area contributed by atoms with Crippen molar-refractivity contribution in [3.63, 3.8) is 0 Å². The molecule has 5 heteroatoms. The van der Waals surface area contributed by atoms with Crippen molar-refractivity contribution in [3.05, 3.63) is 29.3 Å². The average molecular weight is 263 g/mol. The molecule has 3 amide bonds. The Bertz CT molecular complexity index is 452. The number of urea groups is 1. The second kappa shape index (κ2) is 6.78. The Balaban J connectivity index is 2.60. The van der Waals surface area contributed by atoms with Crippen LogP contribution in [0.3, 0.4) is 0 Å². The minimum absolute atomic E-state index is 0.356. The lowest BCUT2D eigenvalue weighted by Gasteiger charge is -2.15. The van der Waals surface area contributed by atoms with Gasteiger partial charge in [0.1, 0.15) is 6.04 Å². The fraction of sp³-hybridized carbons (Fsp3) is 0.429. The lowest BCUT2D eigenvalue weighted by Crippen LogP contribution is -2.45. The monoisotopic (exact) mass is 263 g/mol. The first-order valence-electron chi connectivity index (χ1n) is 6.36. The van der Waals surface area contributed by atoms with E-state index in [1.807, 2.05) is 26.0 Å². The predicted molar refractivity (Wildman–Crippen MR) is 76.2 cm³/mol. The molecule has 1 atom stereocenters. The van der Waals surface area contributed by atoms with Crippen LogP contribution in [0.25, 0.3) is 0 Å². The van der Waals surface area contributed by atoms with Gasteiger partial charge in [-0.3, -0.25) is 10.1 Å². The van der Waals surface area contributed by atoms with Gasteiger partial charge < -0.3 is 10.6 Å². The second-order valence-electron chi connectivity index (χ2n) is 4.59. The maximum absolute atomic E-state index is 11.8. The van der Waals surface area contributed by atoms with Gasteiger partial charge in [0.05, 0.1) is 0 Å². The number of imide groups is 1. The van der Waals surface area contributed by atoms with Gasteiger partial charge in [0.25, 0.3) is 0 Å². The maximum atomic E-state index is 11.8. The van der Waals surface area contributed by atoms with E-state index in [4.69, 9.17) is 0 Å².